The first kappa shape index (κ1) is 31.1. The number of ether oxygens (including phenoxy) is 3. The Hall–Kier alpha value is -3.80. The summed E-state index contributed by atoms with van der Waals surface area (Å²) in [5, 5.41) is 0. The van der Waals surface area contributed by atoms with Crippen LogP contribution in [0.5, 0.6) is 17.2 Å². The lowest BCUT2D eigenvalue weighted by Gasteiger charge is -2.07. The number of esters is 1. The Morgan fingerprint density at radius 3 is 1.90 bits per heavy atom. The molecule has 0 spiro atoms. The molecule has 0 N–H and O–H groups in total. The van der Waals surface area contributed by atoms with E-state index in [0.29, 0.717) is 36.0 Å². The van der Waals surface area contributed by atoms with Gasteiger partial charge in [-0.3, -0.25) is 0 Å². The van der Waals surface area contributed by atoms with Crippen molar-refractivity contribution in [3.8, 4) is 28.7 Å². The Kier molecular flexibility index (Phi) is 12.8. The van der Waals surface area contributed by atoms with Crippen LogP contribution in [0.2, 0.25) is 0 Å². The van der Waals surface area contributed by atoms with Crippen LogP contribution in [0.15, 0.2) is 71.1 Å². The summed E-state index contributed by atoms with van der Waals surface area (Å²) in [4.78, 5) is 17.2. The molecule has 1 aromatic heterocycles. The third kappa shape index (κ3) is 9.93. The van der Waals surface area contributed by atoms with Crippen LogP contribution >= 0.6 is 0 Å². The molecule has 0 bridgehead atoms. The average Bonchev–Trinajstić information content (AvgIpc) is 3.44. The second kappa shape index (κ2) is 17.2. The van der Waals surface area contributed by atoms with Gasteiger partial charge in [0, 0.05) is 11.6 Å². The number of unbranched alkanes of at least 4 members (excludes halogenated alkanes) is 10. The van der Waals surface area contributed by atoms with E-state index in [1.165, 1.54) is 57.8 Å². The van der Waals surface area contributed by atoms with E-state index in [-0.39, 0.29) is 0 Å². The maximum Gasteiger partial charge on any atom is 0.343 e. The Bertz CT molecular complexity index is 1340. The lowest BCUT2D eigenvalue weighted by Crippen LogP contribution is -2.08. The van der Waals surface area contributed by atoms with E-state index in [1.54, 1.807) is 36.4 Å². The summed E-state index contributed by atoms with van der Waals surface area (Å²) >= 11 is 0. The summed E-state index contributed by atoms with van der Waals surface area (Å²) in [7, 11) is 0. The van der Waals surface area contributed by atoms with Crippen LogP contribution in [0.1, 0.15) is 101 Å². The summed E-state index contributed by atoms with van der Waals surface area (Å²) in [5.41, 5.74) is 2.72. The molecule has 6 nitrogen and oxygen atoms in total. The minimum absolute atomic E-state index is 0.421. The topological polar surface area (TPSA) is 70.8 Å². The molecule has 0 fully saturated rings. The van der Waals surface area contributed by atoms with Crippen molar-refractivity contribution in [2.45, 2.75) is 90.9 Å². The molecule has 6 heteroatoms. The highest BCUT2D eigenvalue weighted by atomic mass is 16.5. The number of benzene rings is 3. The number of aromatic nitrogens is 1. The van der Waals surface area contributed by atoms with Crippen LogP contribution in [0.25, 0.3) is 22.6 Å². The largest absolute Gasteiger partial charge is 0.494 e. The first-order valence-corrected chi connectivity index (χ1v) is 15.7. The normalized spacial score (nSPS) is 11.1. The van der Waals surface area contributed by atoms with Crippen LogP contribution in [-0.4, -0.2) is 24.2 Å². The molecule has 4 rings (SSSR count). The van der Waals surface area contributed by atoms with Gasteiger partial charge >= 0.3 is 5.97 Å². The highest BCUT2D eigenvalue weighted by Gasteiger charge is 2.12. The molecule has 42 heavy (non-hydrogen) atoms. The van der Waals surface area contributed by atoms with Gasteiger partial charge in [-0.1, -0.05) is 78.1 Å². The van der Waals surface area contributed by atoms with E-state index >= 15 is 0 Å². The van der Waals surface area contributed by atoms with Crippen LogP contribution in [-0.2, 0) is 0 Å². The number of carbonyl (C=O) groups excluding carboxylic acids is 1. The molecule has 0 saturated carbocycles. The van der Waals surface area contributed by atoms with Gasteiger partial charge < -0.3 is 18.6 Å². The van der Waals surface area contributed by atoms with E-state index in [1.807, 2.05) is 30.3 Å². The number of nitrogens with zero attached hydrogens (tertiary/aromatic N) is 1. The zero-order valence-electron chi connectivity index (χ0n) is 25.2. The van der Waals surface area contributed by atoms with Gasteiger partial charge in [0.05, 0.1) is 18.8 Å². The van der Waals surface area contributed by atoms with Crippen LogP contribution in [0.3, 0.4) is 0 Å². The fourth-order valence-electron chi connectivity index (χ4n) is 4.75. The van der Waals surface area contributed by atoms with Crippen molar-refractivity contribution in [3.05, 3.63) is 72.3 Å². The van der Waals surface area contributed by atoms with Crippen molar-refractivity contribution >= 4 is 17.1 Å². The lowest BCUT2D eigenvalue weighted by atomic mass is 10.1. The van der Waals surface area contributed by atoms with E-state index in [9.17, 15) is 4.79 Å². The smallest absolute Gasteiger partial charge is 0.343 e. The maximum atomic E-state index is 12.6. The van der Waals surface area contributed by atoms with Crippen molar-refractivity contribution in [1.29, 1.82) is 0 Å². The second-order valence-corrected chi connectivity index (χ2v) is 10.8. The number of carbonyl (C=O) groups is 1. The average molecular weight is 572 g/mol. The number of oxazole rings is 1. The summed E-state index contributed by atoms with van der Waals surface area (Å²) < 4.78 is 23.2. The Balaban J connectivity index is 1.21. The fraction of sp³-hybridized carbons (Fsp3) is 0.444. The van der Waals surface area contributed by atoms with Crippen molar-refractivity contribution in [3.63, 3.8) is 0 Å². The SMILES string of the molecule is CCCCCCCCCCCCOc1ccc2nc(-c3ccc(OC(=O)c4ccc(OCCCC)cc4)cc3)oc2c1. The van der Waals surface area contributed by atoms with E-state index in [4.69, 9.17) is 18.6 Å². The third-order valence-electron chi connectivity index (χ3n) is 7.29. The monoisotopic (exact) mass is 571 g/mol. The Morgan fingerprint density at radius 1 is 0.643 bits per heavy atom. The predicted molar refractivity (Wildman–Crippen MR) is 169 cm³/mol. The molecule has 3 aromatic carbocycles. The van der Waals surface area contributed by atoms with Gasteiger partial charge in [0.1, 0.15) is 22.8 Å². The number of hydrogen-bond donors (Lipinski definition) is 0. The number of hydrogen-bond acceptors (Lipinski definition) is 6. The first-order valence-electron chi connectivity index (χ1n) is 15.7. The highest BCUT2D eigenvalue weighted by molar-refractivity contribution is 5.91. The zero-order valence-corrected chi connectivity index (χ0v) is 25.2. The number of fused-ring (bicyclic) bond motifs is 1. The van der Waals surface area contributed by atoms with Crippen LogP contribution in [0, 0.1) is 0 Å². The quantitative estimate of drug-likeness (QED) is 0.0633. The van der Waals surface area contributed by atoms with Gasteiger partial charge in [-0.05, 0) is 73.5 Å². The van der Waals surface area contributed by atoms with E-state index in [0.717, 1.165) is 41.8 Å². The van der Waals surface area contributed by atoms with Gasteiger partial charge in [-0.2, -0.15) is 0 Å². The van der Waals surface area contributed by atoms with Gasteiger partial charge in [-0.15, -0.1) is 0 Å². The summed E-state index contributed by atoms with van der Waals surface area (Å²) in [6.45, 7) is 5.76. The minimum atomic E-state index is -0.421. The fourth-order valence-corrected chi connectivity index (χ4v) is 4.75. The van der Waals surface area contributed by atoms with Crippen molar-refractivity contribution in [2.75, 3.05) is 13.2 Å². The van der Waals surface area contributed by atoms with Gasteiger partial charge in [0.15, 0.2) is 5.58 Å². The van der Waals surface area contributed by atoms with Crippen molar-refractivity contribution < 1.29 is 23.4 Å². The molecule has 0 amide bonds. The standard InChI is InChI=1S/C36H45NO5/c1-3-5-7-8-9-10-11-12-13-14-26-40-32-23-24-33-34(27-32)42-35(37-33)28-15-21-31(22-16-28)41-36(38)29-17-19-30(20-18-29)39-25-6-4-2/h15-24,27H,3-14,25-26H2,1-2H3. The summed E-state index contributed by atoms with van der Waals surface area (Å²) in [6, 6.07) is 19.9. The van der Waals surface area contributed by atoms with Crippen molar-refractivity contribution in [2.24, 2.45) is 0 Å². The zero-order chi connectivity index (χ0) is 29.4. The Morgan fingerprint density at radius 2 is 1.21 bits per heavy atom. The molecule has 0 unspecified atom stereocenters. The van der Waals surface area contributed by atoms with Crippen LogP contribution < -0.4 is 14.2 Å². The van der Waals surface area contributed by atoms with E-state index in [2.05, 4.69) is 18.8 Å². The molecule has 0 saturated heterocycles. The van der Waals surface area contributed by atoms with Gasteiger partial charge in [-0.25, -0.2) is 9.78 Å². The molecule has 4 aromatic rings. The summed E-state index contributed by atoms with van der Waals surface area (Å²) in [5.74, 6) is 2.08. The number of rotatable bonds is 19. The molecule has 0 aliphatic heterocycles. The first-order chi connectivity index (χ1) is 20.7. The predicted octanol–water partition coefficient (Wildman–Crippen LogP) is 10.2. The molecule has 0 aliphatic rings. The summed E-state index contributed by atoms with van der Waals surface area (Å²) in [6.07, 6.45) is 15.1. The molecule has 1 heterocycles. The van der Waals surface area contributed by atoms with Crippen molar-refractivity contribution in [1.82, 2.24) is 4.98 Å². The van der Waals surface area contributed by atoms with E-state index < -0.39 is 5.97 Å². The lowest BCUT2D eigenvalue weighted by molar-refractivity contribution is 0.0734. The minimum Gasteiger partial charge on any atom is -0.494 e. The third-order valence-corrected chi connectivity index (χ3v) is 7.29. The Labute approximate surface area is 250 Å². The highest BCUT2D eigenvalue weighted by Crippen LogP contribution is 2.29. The molecular formula is C36H45NO5. The van der Waals surface area contributed by atoms with Gasteiger partial charge in [0.25, 0.3) is 0 Å². The van der Waals surface area contributed by atoms with Crippen LogP contribution in [0.4, 0.5) is 0 Å². The molecular weight excluding hydrogens is 526 g/mol. The molecule has 224 valence electrons. The maximum absolute atomic E-state index is 12.6. The second-order valence-electron chi connectivity index (χ2n) is 10.8. The molecule has 0 aliphatic carbocycles. The molecule has 0 atom stereocenters. The van der Waals surface area contributed by atoms with Gasteiger partial charge in [0.2, 0.25) is 5.89 Å². The molecule has 0 radical (unpaired) electrons.